The normalized spacial score (nSPS) is 17.7. The van der Waals surface area contributed by atoms with Crippen LogP contribution in [0.15, 0.2) is 36.7 Å². The van der Waals surface area contributed by atoms with Crippen molar-refractivity contribution in [2.45, 2.75) is 13.0 Å². The van der Waals surface area contributed by atoms with Gasteiger partial charge in [0.1, 0.15) is 6.04 Å². The summed E-state index contributed by atoms with van der Waals surface area (Å²) in [5.74, 6) is -0.685. The Kier molecular flexibility index (Phi) is 4.82. The highest BCUT2D eigenvalue weighted by Crippen LogP contribution is 2.22. The number of amides is 2. The molecule has 0 saturated carbocycles. The SMILES string of the molecule is C[C@@H](C(N)=O)n1cc(-c2cccc(C(=O)N3CCS(=O)(=O)CC3)c2)cn1. The summed E-state index contributed by atoms with van der Waals surface area (Å²) in [6.07, 6.45) is 3.31. The molecule has 1 aromatic heterocycles. The van der Waals surface area contributed by atoms with Crippen LogP contribution < -0.4 is 5.73 Å². The number of rotatable bonds is 4. The van der Waals surface area contributed by atoms with E-state index in [1.165, 1.54) is 4.68 Å². The van der Waals surface area contributed by atoms with Crippen LogP contribution in [0, 0.1) is 0 Å². The van der Waals surface area contributed by atoms with E-state index in [0.29, 0.717) is 5.56 Å². The number of nitrogens with two attached hydrogens (primary N) is 1. The van der Waals surface area contributed by atoms with Gasteiger partial charge >= 0.3 is 0 Å². The summed E-state index contributed by atoms with van der Waals surface area (Å²) in [4.78, 5) is 25.5. The molecule has 2 aromatic rings. The zero-order valence-corrected chi connectivity index (χ0v) is 15.1. The molecule has 0 bridgehead atoms. The molecular weight excluding hydrogens is 356 g/mol. The van der Waals surface area contributed by atoms with Crippen LogP contribution in [0.2, 0.25) is 0 Å². The predicted molar refractivity (Wildman–Crippen MR) is 96.1 cm³/mol. The lowest BCUT2D eigenvalue weighted by atomic mass is 10.1. The van der Waals surface area contributed by atoms with E-state index in [2.05, 4.69) is 5.10 Å². The number of sulfone groups is 1. The second-order valence-electron chi connectivity index (χ2n) is 6.31. The summed E-state index contributed by atoms with van der Waals surface area (Å²) in [5.41, 5.74) is 7.31. The van der Waals surface area contributed by atoms with Crippen molar-refractivity contribution >= 4 is 21.7 Å². The zero-order valence-electron chi connectivity index (χ0n) is 14.3. The first-order valence-electron chi connectivity index (χ1n) is 8.20. The van der Waals surface area contributed by atoms with Gasteiger partial charge in [-0.3, -0.25) is 14.3 Å². The molecule has 0 aliphatic carbocycles. The van der Waals surface area contributed by atoms with Crippen molar-refractivity contribution in [2.24, 2.45) is 5.73 Å². The number of benzene rings is 1. The van der Waals surface area contributed by atoms with E-state index in [0.717, 1.165) is 11.1 Å². The average Bonchev–Trinajstić information content (AvgIpc) is 3.10. The first kappa shape index (κ1) is 18.1. The van der Waals surface area contributed by atoms with E-state index >= 15 is 0 Å². The van der Waals surface area contributed by atoms with Gasteiger partial charge in [-0.25, -0.2) is 8.42 Å². The standard InChI is InChI=1S/C17H20N4O4S/c1-12(16(18)22)21-11-15(10-19-21)13-3-2-4-14(9-13)17(23)20-5-7-26(24,25)8-6-20/h2-4,9-12H,5-8H2,1H3,(H2,18,22)/t12-/m0/s1. The number of hydrogen-bond donors (Lipinski definition) is 1. The molecular formula is C17H20N4O4S. The van der Waals surface area contributed by atoms with Gasteiger partial charge in [0.2, 0.25) is 5.91 Å². The summed E-state index contributed by atoms with van der Waals surface area (Å²) < 4.78 is 24.5. The highest BCUT2D eigenvalue weighted by Gasteiger charge is 2.25. The van der Waals surface area contributed by atoms with E-state index < -0.39 is 21.8 Å². The van der Waals surface area contributed by atoms with Gasteiger partial charge in [-0.1, -0.05) is 12.1 Å². The van der Waals surface area contributed by atoms with Crippen LogP contribution in [-0.4, -0.2) is 59.5 Å². The molecule has 1 fully saturated rings. The lowest BCUT2D eigenvalue weighted by Gasteiger charge is -2.26. The van der Waals surface area contributed by atoms with Gasteiger partial charge < -0.3 is 10.6 Å². The Labute approximate surface area is 151 Å². The Hall–Kier alpha value is -2.68. The van der Waals surface area contributed by atoms with Gasteiger partial charge in [0.05, 0.1) is 17.7 Å². The maximum Gasteiger partial charge on any atom is 0.253 e. The number of hydrogen-bond acceptors (Lipinski definition) is 5. The summed E-state index contributed by atoms with van der Waals surface area (Å²) in [6.45, 7) is 2.07. The van der Waals surface area contributed by atoms with Gasteiger partial charge in [-0.05, 0) is 24.6 Å². The van der Waals surface area contributed by atoms with Crippen LogP contribution in [0.25, 0.3) is 11.1 Å². The maximum atomic E-state index is 12.6. The fraction of sp³-hybridized carbons (Fsp3) is 0.353. The van der Waals surface area contributed by atoms with E-state index in [4.69, 9.17) is 5.73 Å². The van der Waals surface area contributed by atoms with Crippen LogP contribution in [0.3, 0.4) is 0 Å². The van der Waals surface area contributed by atoms with Crippen molar-refractivity contribution in [3.05, 3.63) is 42.2 Å². The minimum Gasteiger partial charge on any atom is -0.368 e. The second kappa shape index (κ2) is 6.91. The van der Waals surface area contributed by atoms with Gasteiger partial charge in [0.25, 0.3) is 5.91 Å². The Balaban J connectivity index is 1.80. The van der Waals surface area contributed by atoms with Crippen molar-refractivity contribution in [1.82, 2.24) is 14.7 Å². The van der Waals surface area contributed by atoms with Crippen LogP contribution in [0.5, 0.6) is 0 Å². The van der Waals surface area contributed by atoms with Crippen LogP contribution >= 0.6 is 0 Å². The van der Waals surface area contributed by atoms with Crippen LogP contribution in [-0.2, 0) is 14.6 Å². The number of nitrogens with zero attached hydrogens (tertiary/aromatic N) is 3. The smallest absolute Gasteiger partial charge is 0.253 e. The average molecular weight is 376 g/mol. The third-order valence-electron chi connectivity index (χ3n) is 4.48. The first-order valence-corrected chi connectivity index (χ1v) is 10.0. The summed E-state index contributed by atoms with van der Waals surface area (Å²) in [5, 5.41) is 4.15. The highest BCUT2D eigenvalue weighted by atomic mass is 32.2. The topological polar surface area (TPSA) is 115 Å². The molecule has 1 aliphatic rings. The predicted octanol–water partition coefficient (Wildman–Crippen LogP) is 0.467. The summed E-state index contributed by atoms with van der Waals surface area (Å²) in [7, 11) is -3.04. The number of carbonyl (C=O) groups is 2. The van der Waals surface area contributed by atoms with E-state index in [9.17, 15) is 18.0 Å². The molecule has 26 heavy (non-hydrogen) atoms. The van der Waals surface area contributed by atoms with E-state index in [-0.39, 0.29) is 30.5 Å². The minimum atomic E-state index is -3.04. The maximum absolute atomic E-state index is 12.6. The molecule has 138 valence electrons. The lowest BCUT2D eigenvalue weighted by Crippen LogP contribution is -2.43. The third-order valence-corrected chi connectivity index (χ3v) is 6.09. The van der Waals surface area contributed by atoms with Crippen molar-refractivity contribution < 1.29 is 18.0 Å². The highest BCUT2D eigenvalue weighted by molar-refractivity contribution is 7.91. The van der Waals surface area contributed by atoms with Gasteiger partial charge in [-0.2, -0.15) is 5.10 Å². The molecule has 8 nitrogen and oxygen atoms in total. The van der Waals surface area contributed by atoms with Crippen molar-refractivity contribution in [1.29, 1.82) is 0 Å². The second-order valence-corrected chi connectivity index (χ2v) is 8.62. The molecule has 2 N–H and O–H groups in total. The van der Waals surface area contributed by atoms with Gasteiger partial charge in [0, 0.05) is 30.4 Å². The third kappa shape index (κ3) is 3.77. The Morgan fingerprint density at radius 3 is 2.54 bits per heavy atom. The number of aromatic nitrogens is 2. The first-order chi connectivity index (χ1) is 12.3. The summed E-state index contributed by atoms with van der Waals surface area (Å²) in [6, 6.07) is 6.47. The molecule has 1 aromatic carbocycles. The molecule has 2 amide bonds. The van der Waals surface area contributed by atoms with Crippen LogP contribution in [0.1, 0.15) is 23.3 Å². The van der Waals surface area contributed by atoms with Crippen molar-refractivity contribution in [3.63, 3.8) is 0 Å². The summed E-state index contributed by atoms with van der Waals surface area (Å²) >= 11 is 0. The fourth-order valence-corrected chi connectivity index (χ4v) is 3.96. The molecule has 1 saturated heterocycles. The molecule has 0 spiro atoms. The lowest BCUT2D eigenvalue weighted by molar-refractivity contribution is -0.120. The van der Waals surface area contributed by atoms with Crippen molar-refractivity contribution in [3.8, 4) is 11.1 Å². The van der Waals surface area contributed by atoms with Crippen molar-refractivity contribution in [2.75, 3.05) is 24.6 Å². The van der Waals surface area contributed by atoms with Gasteiger partial charge in [0.15, 0.2) is 9.84 Å². The van der Waals surface area contributed by atoms with Crippen LogP contribution in [0.4, 0.5) is 0 Å². The molecule has 0 unspecified atom stereocenters. The molecule has 0 radical (unpaired) electrons. The Morgan fingerprint density at radius 1 is 1.19 bits per heavy atom. The Morgan fingerprint density at radius 2 is 1.88 bits per heavy atom. The minimum absolute atomic E-state index is 0.00376. The van der Waals surface area contributed by atoms with E-state index in [1.807, 2.05) is 6.07 Å². The molecule has 1 atom stereocenters. The Bertz CT molecular complexity index is 937. The largest absolute Gasteiger partial charge is 0.368 e. The monoisotopic (exact) mass is 376 g/mol. The quantitative estimate of drug-likeness (QED) is 0.833. The fourth-order valence-electron chi connectivity index (χ4n) is 2.76. The number of primary amides is 1. The van der Waals surface area contributed by atoms with Gasteiger partial charge in [-0.15, -0.1) is 0 Å². The molecule has 2 heterocycles. The zero-order chi connectivity index (χ0) is 18.9. The number of carbonyl (C=O) groups excluding carboxylic acids is 2. The van der Waals surface area contributed by atoms with E-state index in [1.54, 1.807) is 42.4 Å². The molecule has 1 aliphatic heterocycles. The molecule has 9 heteroatoms. The molecule has 3 rings (SSSR count).